The maximum atomic E-state index is 14.9. The number of ether oxygens (including phenoxy) is 1. The average molecular weight is 562 g/mol. The van der Waals surface area contributed by atoms with Gasteiger partial charge < -0.3 is 14.2 Å². The van der Waals surface area contributed by atoms with E-state index in [0.29, 0.717) is 17.9 Å². The van der Waals surface area contributed by atoms with E-state index in [4.69, 9.17) is 9.84 Å². The summed E-state index contributed by atoms with van der Waals surface area (Å²) in [6, 6.07) is 9.49. The number of halogens is 2. The molecule has 0 amide bonds. The molecule has 6 rings (SSSR count). The lowest BCUT2D eigenvalue weighted by Gasteiger charge is -2.34. The number of alkyl halides is 2. The molecule has 4 atom stereocenters. The van der Waals surface area contributed by atoms with Crippen LogP contribution in [0.15, 0.2) is 42.9 Å². The van der Waals surface area contributed by atoms with E-state index in [9.17, 15) is 13.6 Å². The highest BCUT2D eigenvalue weighted by atomic mass is 19.1. The first-order chi connectivity index (χ1) is 19.8. The molecule has 0 radical (unpaired) electrons. The van der Waals surface area contributed by atoms with Crippen LogP contribution < -0.4 is 0 Å². The number of imidazole rings is 1. The number of hydrogen-bond acceptors (Lipinski definition) is 5. The van der Waals surface area contributed by atoms with Gasteiger partial charge in [0.25, 0.3) is 0 Å². The van der Waals surface area contributed by atoms with Crippen LogP contribution in [0.25, 0.3) is 22.0 Å². The molecule has 2 aliphatic rings. The fourth-order valence-electron chi connectivity index (χ4n) is 6.54. The van der Waals surface area contributed by atoms with Gasteiger partial charge in [0.05, 0.1) is 30.7 Å². The Balaban J connectivity index is 1.35. The number of piperidine rings is 1. The van der Waals surface area contributed by atoms with Crippen molar-refractivity contribution in [1.82, 2.24) is 24.2 Å². The van der Waals surface area contributed by atoms with Crippen LogP contribution in [0.5, 0.6) is 0 Å². The summed E-state index contributed by atoms with van der Waals surface area (Å²) in [7, 11) is 0. The van der Waals surface area contributed by atoms with Crippen LogP contribution in [0, 0.1) is 13.8 Å². The van der Waals surface area contributed by atoms with E-state index in [-0.39, 0.29) is 25.5 Å². The number of benzene rings is 2. The van der Waals surface area contributed by atoms with Gasteiger partial charge in [0.15, 0.2) is 6.04 Å². The van der Waals surface area contributed by atoms with E-state index in [1.807, 2.05) is 20.0 Å². The lowest BCUT2D eigenvalue weighted by molar-refractivity contribution is -0.146. The normalized spacial score (nSPS) is 21.8. The number of aryl methyl sites for hydroxylation is 2. The highest BCUT2D eigenvalue weighted by Gasteiger charge is 2.35. The Morgan fingerprint density at radius 3 is 2.63 bits per heavy atom. The molecule has 0 aliphatic carbocycles. The Hall–Kier alpha value is -3.59. The molecule has 2 aliphatic heterocycles. The number of carbonyl (C=O) groups excluding carboxylic acids is 1. The first-order valence-corrected chi connectivity index (χ1v) is 14.6. The summed E-state index contributed by atoms with van der Waals surface area (Å²) >= 11 is 0. The lowest BCUT2D eigenvalue weighted by Crippen LogP contribution is -2.40. The van der Waals surface area contributed by atoms with Gasteiger partial charge in [-0.3, -0.25) is 4.68 Å². The number of esters is 1. The average Bonchev–Trinajstić information content (AvgIpc) is 3.67. The summed E-state index contributed by atoms with van der Waals surface area (Å²) in [6.45, 7) is 10.6. The van der Waals surface area contributed by atoms with Crippen LogP contribution >= 0.6 is 0 Å². The van der Waals surface area contributed by atoms with Gasteiger partial charge in [-0.2, -0.15) is 5.10 Å². The van der Waals surface area contributed by atoms with E-state index in [0.717, 1.165) is 58.2 Å². The molecule has 2 aromatic heterocycles. The van der Waals surface area contributed by atoms with Gasteiger partial charge in [-0.25, -0.2) is 18.6 Å². The van der Waals surface area contributed by atoms with Gasteiger partial charge in [0, 0.05) is 36.2 Å². The number of rotatable bonds is 7. The summed E-state index contributed by atoms with van der Waals surface area (Å²) in [6.07, 6.45) is 2.64. The monoisotopic (exact) mass is 561 g/mol. The largest absolute Gasteiger partial charge is 0.464 e. The predicted octanol–water partition coefficient (Wildman–Crippen LogP) is 5.71. The molecule has 0 saturated carbocycles. The van der Waals surface area contributed by atoms with E-state index in [1.54, 1.807) is 22.5 Å². The number of fused-ring (bicyclic) bond motifs is 2. The Morgan fingerprint density at radius 1 is 1.15 bits per heavy atom. The molecule has 4 heterocycles. The second-order valence-corrected chi connectivity index (χ2v) is 11.3. The molecule has 0 bridgehead atoms. The molecule has 41 heavy (non-hydrogen) atoms. The smallest absolute Gasteiger partial charge is 0.337 e. The molecule has 0 spiro atoms. The first kappa shape index (κ1) is 27.6. The lowest BCUT2D eigenvalue weighted by atomic mass is 9.86. The van der Waals surface area contributed by atoms with Crippen LogP contribution in [0.1, 0.15) is 60.3 Å². The van der Waals surface area contributed by atoms with Crippen LogP contribution in [0.3, 0.4) is 0 Å². The quantitative estimate of drug-likeness (QED) is 0.271. The highest BCUT2D eigenvalue weighted by Crippen LogP contribution is 2.36. The molecule has 9 heteroatoms. The molecule has 7 nitrogen and oxygen atoms in total. The SMILES string of the molecule is CCOC(=O)C(c1ncn2c1C[C@@H](F)C2)n1cc2c(C)cc(-c3ccc([C@H]4CCN(CC)C[C@@H]4F)cc3)c(C)c2n1. The summed E-state index contributed by atoms with van der Waals surface area (Å²) < 4.78 is 38.0. The Labute approximate surface area is 239 Å². The minimum atomic E-state index is -0.996. The zero-order valence-electron chi connectivity index (χ0n) is 24.1. The van der Waals surface area contributed by atoms with Crippen LogP contribution in [-0.2, 0) is 22.5 Å². The second-order valence-electron chi connectivity index (χ2n) is 11.3. The van der Waals surface area contributed by atoms with Crippen molar-refractivity contribution in [3.8, 4) is 11.1 Å². The Morgan fingerprint density at radius 2 is 1.93 bits per heavy atom. The zero-order chi connectivity index (χ0) is 28.8. The van der Waals surface area contributed by atoms with E-state index in [1.165, 1.54) is 0 Å². The van der Waals surface area contributed by atoms with E-state index >= 15 is 0 Å². The van der Waals surface area contributed by atoms with Crippen molar-refractivity contribution in [2.45, 2.75) is 71.4 Å². The maximum absolute atomic E-state index is 14.9. The first-order valence-electron chi connectivity index (χ1n) is 14.6. The number of hydrogen-bond donors (Lipinski definition) is 0. The molecule has 4 aromatic rings. The summed E-state index contributed by atoms with van der Waals surface area (Å²) in [4.78, 5) is 19.9. The van der Waals surface area contributed by atoms with Gasteiger partial charge in [-0.15, -0.1) is 0 Å². The molecule has 2 aromatic carbocycles. The third kappa shape index (κ3) is 4.94. The second kappa shape index (κ2) is 11.0. The van der Waals surface area contributed by atoms with Crippen molar-refractivity contribution in [2.75, 3.05) is 26.2 Å². The molecule has 1 unspecified atom stereocenters. The van der Waals surface area contributed by atoms with E-state index in [2.05, 4.69) is 47.1 Å². The van der Waals surface area contributed by atoms with Crippen LogP contribution in [-0.4, -0.2) is 68.8 Å². The van der Waals surface area contributed by atoms with Gasteiger partial charge in [-0.05, 0) is 68.1 Å². The topological polar surface area (TPSA) is 65.2 Å². The van der Waals surface area contributed by atoms with Crippen LogP contribution in [0.2, 0.25) is 0 Å². The summed E-state index contributed by atoms with van der Waals surface area (Å²) in [5.41, 5.74) is 7.10. The van der Waals surface area contributed by atoms with Gasteiger partial charge in [0.1, 0.15) is 12.3 Å². The van der Waals surface area contributed by atoms with Crippen LogP contribution in [0.4, 0.5) is 8.78 Å². The maximum Gasteiger partial charge on any atom is 0.337 e. The highest BCUT2D eigenvalue weighted by molar-refractivity contribution is 5.91. The Kier molecular flexibility index (Phi) is 7.40. The summed E-state index contributed by atoms with van der Waals surface area (Å²) in [5.74, 6) is -0.545. The van der Waals surface area contributed by atoms with Crippen molar-refractivity contribution >= 4 is 16.9 Å². The molecule has 216 valence electrons. The molecule has 0 N–H and O–H groups in total. The number of likely N-dealkylation sites (tertiary alicyclic amines) is 1. The van der Waals surface area contributed by atoms with Crippen molar-refractivity contribution in [3.63, 3.8) is 0 Å². The third-order valence-corrected chi connectivity index (χ3v) is 8.82. The third-order valence-electron chi connectivity index (χ3n) is 8.82. The molecule has 1 saturated heterocycles. The molecular formula is C32H37F2N5O2. The van der Waals surface area contributed by atoms with E-state index < -0.39 is 24.4 Å². The fourth-order valence-corrected chi connectivity index (χ4v) is 6.54. The number of nitrogens with zero attached hydrogens (tertiary/aromatic N) is 5. The zero-order valence-corrected chi connectivity index (χ0v) is 24.1. The van der Waals surface area contributed by atoms with Gasteiger partial charge in [0.2, 0.25) is 0 Å². The number of carbonyl (C=O) groups is 1. The van der Waals surface area contributed by atoms with Crippen molar-refractivity contribution in [1.29, 1.82) is 0 Å². The standard InChI is InChI=1S/C32H37F2N5O2/c1-5-37-12-11-24(27(34)17-37)21-7-9-22(10-8-21)25-13-19(3)26-16-39(36-29(26)20(25)4)31(32(40)41-6-2)30-28-14-23(33)15-38(28)18-35-30/h7-10,13,16,18,23-24,27,31H,5-6,11-12,14-15,17H2,1-4H3/t23-,24-,27+,31?/m1/s1. The predicted molar refractivity (Wildman–Crippen MR) is 155 cm³/mol. The van der Waals surface area contributed by atoms with Crippen molar-refractivity contribution in [3.05, 3.63) is 70.9 Å². The minimum Gasteiger partial charge on any atom is -0.464 e. The van der Waals surface area contributed by atoms with Crippen molar-refractivity contribution < 1.29 is 18.3 Å². The fraction of sp³-hybridized carbons (Fsp3) is 0.469. The van der Waals surface area contributed by atoms with Crippen molar-refractivity contribution in [2.24, 2.45) is 0 Å². The van der Waals surface area contributed by atoms with Gasteiger partial charge >= 0.3 is 5.97 Å². The molecule has 1 fully saturated rings. The summed E-state index contributed by atoms with van der Waals surface area (Å²) in [5, 5.41) is 5.83. The molecular weight excluding hydrogens is 524 g/mol. The Bertz CT molecular complexity index is 1580. The minimum absolute atomic E-state index is 0.0789. The van der Waals surface area contributed by atoms with Gasteiger partial charge in [-0.1, -0.05) is 37.3 Å². The number of aromatic nitrogens is 4.